The van der Waals surface area contributed by atoms with Gasteiger partial charge in [0.05, 0.1) is 39.0 Å². The molecular weight excluding hydrogens is 480 g/mol. The van der Waals surface area contributed by atoms with Crippen LogP contribution < -0.4 is 14.2 Å². The number of nitrogens with zero attached hydrogens (tertiary/aromatic N) is 2. The summed E-state index contributed by atoms with van der Waals surface area (Å²) < 4.78 is 19.2. The summed E-state index contributed by atoms with van der Waals surface area (Å²) in [6, 6.07) is 7.33. The largest absolute Gasteiger partial charge is 0.506 e. The Kier molecular flexibility index (Phi) is 5.67. The summed E-state index contributed by atoms with van der Waals surface area (Å²) in [5, 5.41) is 10.7. The molecule has 0 amide bonds. The van der Waals surface area contributed by atoms with Crippen molar-refractivity contribution >= 4 is 31.9 Å². The summed E-state index contributed by atoms with van der Waals surface area (Å²) in [4.78, 5) is 4.54. The molecule has 0 aliphatic heterocycles. The Labute approximate surface area is 174 Å². The molecule has 8 heteroatoms. The van der Waals surface area contributed by atoms with Crippen molar-refractivity contribution in [3.05, 3.63) is 39.5 Å². The number of aromatic nitrogens is 2. The number of methoxy groups -OCH3 is 3. The molecule has 0 radical (unpaired) electrons. The topological polar surface area (TPSA) is 65.7 Å². The number of phenolic OH excluding ortho intramolecular Hbond substituents is 1. The fourth-order valence-electron chi connectivity index (χ4n) is 2.86. The first kappa shape index (κ1) is 19.6. The van der Waals surface area contributed by atoms with Gasteiger partial charge in [-0.2, -0.15) is 0 Å². The number of phenols is 1. The Morgan fingerprint density at radius 3 is 2.07 bits per heavy atom. The third kappa shape index (κ3) is 3.39. The fourth-order valence-corrected chi connectivity index (χ4v) is 3.92. The molecule has 0 aliphatic carbocycles. The van der Waals surface area contributed by atoms with Crippen LogP contribution in [0.2, 0.25) is 0 Å². The molecule has 142 valence electrons. The second kappa shape index (κ2) is 7.82. The van der Waals surface area contributed by atoms with Crippen LogP contribution in [0.25, 0.3) is 22.5 Å². The highest BCUT2D eigenvalue weighted by molar-refractivity contribution is 9.11. The lowest BCUT2D eigenvalue weighted by molar-refractivity contribution is 0.390. The van der Waals surface area contributed by atoms with Gasteiger partial charge in [-0.05, 0) is 56.1 Å². The van der Waals surface area contributed by atoms with E-state index in [1.54, 1.807) is 39.8 Å². The lowest BCUT2D eigenvalue weighted by Gasteiger charge is -2.14. The van der Waals surface area contributed by atoms with Gasteiger partial charge in [0.1, 0.15) is 31.9 Å². The minimum atomic E-state index is 0.0789. The van der Waals surface area contributed by atoms with Gasteiger partial charge in [-0.25, -0.2) is 4.98 Å². The molecule has 0 fully saturated rings. The minimum absolute atomic E-state index is 0.0789. The van der Waals surface area contributed by atoms with Crippen molar-refractivity contribution in [3.8, 4) is 45.5 Å². The van der Waals surface area contributed by atoms with Crippen molar-refractivity contribution in [2.75, 3.05) is 21.3 Å². The Hall–Kier alpha value is -2.19. The van der Waals surface area contributed by atoms with Crippen LogP contribution in [0.15, 0.2) is 39.5 Å². The van der Waals surface area contributed by atoms with Crippen molar-refractivity contribution in [1.82, 2.24) is 9.55 Å². The monoisotopic (exact) mass is 496 g/mol. The Bertz CT molecular complexity index is 977. The Morgan fingerprint density at radius 2 is 1.52 bits per heavy atom. The number of hydrogen-bond donors (Lipinski definition) is 1. The zero-order valence-electron chi connectivity index (χ0n) is 15.2. The molecule has 0 spiro atoms. The molecule has 0 unspecified atom stereocenters. The summed E-state index contributed by atoms with van der Waals surface area (Å²) in [7, 11) is 6.61. The molecule has 1 aromatic heterocycles. The third-order valence-electron chi connectivity index (χ3n) is 4.21. The number of aromatic hydroxyl groups is 1. The van der Waals surface area contributed by atoms with E-state index in [1.165, 1.54) is 0 Å². The number of hydrogen-bond acceptors (Lipinski definition) is 5. The molecule has 2 aromatic carbocycles. The smallest absolute Gasteiger partial charge is 0.142 e. The number of halogens is 2. The highest BCUT2D eigenvalue weighted by Gasteiger charge is 2.21. The summed E-state index contributed by atoms with van der Waals surface area (Å²) >= 11 is 6.86. The van der Waals surface area contributed by atoms with E-state index in [0.717, 1.165) is 15.7 Å². The minimum Gasteiger partial charge on any atom is -0.506 e. The van der Waals surface area contributed by atoms with Gasteiger partial charge in [0.25, 0.3) is 0 Å². The van der Waals surface area contributed by atoms with E-state index in [-0.39, 0.29) is 5.75 Å². The highest BCUT2D eigenvalue weighted by atomic mass is 79.9. The quantitative estimate of drug-likeness (QED) is 0.536. The maximum atomic E-state index is 10.7. The van der Waals surface area contributed by atoms with Crippen molar-refractivity contribution in [1.29, 1.82) is 0 Å². The lowest BCUT2D eigenvalue weighted by atomic mass is 10.0. The normalized spacial score (nSPS) is 10.7. The summed E-state index contributed by atoms with van der Waals surface area (Å²) in [5.41, 5.74) is 2.86. The summed E-state index contributed by atoms with van der Waals surface area (Å²) in [6.45, 7) is 0. The number of imidazole rings is 1. The molecular formula is C19H18Br2N2O4. The van der Waals surface area contributed by atoms with Crippen LogP contribution >= 0.6 is 31.9 Å². The first-order chi connectivity index (χ1) is 12.9. The summed E-state index contributed by atoms with van der Waals surface area (Å²) in [5.74, 6) is 1.88. The van der Waals surface area contributed by atoms with E-state index in [4.69, 9.17) is 14.2 Å². The SMILES string of the molecule is COc1cc(-c2ncn(C)c2-c2ccc(OC)c(Br)c2O)cc(OC)c1Br. The molecule has 6 nitrogen and oxygen atoms in total. The van der Waals surface area contributed by atoms with Gasteiger partial charge in [0.2, 0.25) is 0 Å². The molecule has 3 rings (SSSR count). The van der Waals surface area contributed by atoms with E-state index in [1.807, 2.05) is 23.7 Å². The fraction of sp³-hybridized carbons (Fsp3) is 0.211. The molecule has 0 saturated heterocycles. The van der Waals surface area contributed by atoms with Gasteiger partial charge in [0, 0.05) is 18.2 Å². The number of benzene rings is 2. The maximum absolute atomic E-state index is 10.7. The van der Waals surface area contributed by atoms with E-state index in [0.29, 0.717) is 33.0 Å². The van der Waals surface area contributed by atoms with Gasteiger partial charge >= 0.3 is 0 Å². The van der Waals surface area contributed by atoms with Crippen LogP contribution in [0.3, 0.4) is 0 Å². The second-order valence-electron chi connectivity index (χ2n) is 5.73. The van der Waals surface area contributed by atoms with Crippen molar-refractivity contribution < 1.29 is 19.3 Å². The van der Waals surface area contributed by atoms with Crippen molar-refractivity contribution in [2.24, 2.45) is 7.05 Å². The van der Waals surface area contributed by atoms with Crippen LogP contribution in [-0.4, -0.2) is 36.0 Å². The van der Waals surface area contributed by atoms with Crippen LogP contribution in [0.1, 0.15) is 0 Å². The number of rotatable bonds is 5. The van der Waals surface area contributed by atoms with Crippen LogP contribution in [0, 0.1) is 0 Å². The van der Waals surface area contributed by atoms with E-state index in [9.17, 15) is 5.11 Å². The predicted octanol–water partition coefficient (Wildman–Crippen LogP) is 5.01. The lowest BCUT2D eigenvalue weighted by Crippen LogP contribution is -1.95. The first-order valence-corrected chi connectivity index (χ1v) is 9.50. The van der Waals surface area contributed by atoms with Crippen LogP contribution in [-0.2, 0) is 7.05 Å². The zero-order chi connectivity index (χ0) is 19.7. The predicted molar refractivity (Wildman–Crippen MR) is 111 cm³/mol. The molecule has 3 aromatic rings. The zero-order valence-corrected chi connectivity index (χ0v) is 18.4. The van der Waals surface area contributed by atoms with Gasteiger partial charge in [-0.1, -0.05) is 0 Å². The van der Waals surface area contributed by atoms with Crippen LogP contribution in [0.4, 0.5) is 0 Å². The molecule has 0 atom stereocenters. The molecule has 0 aliphatic rings. The van der Waals surface area contributed by atoms with E-state index < -0.39 is 0 Å². The Balaban J connectivity index is 2.25. The highest BCUT2D eigenvalue weighted by Crippen LogP contribution is 2.45. The number of aryl methyl sites for hydroxylation is 1. The standard InChI is InChI=1S/C19H18Br2N2O4/c1-23-9-22-17(10-7-13(26-3)15(20)14(8-10)27-4)18(23)11-5-6-12(25-2)16(21)19(11)24/h5-9,24H,1-4H3. The van der Waals surface area contributed by atoms with Crippen molar-refractivity contribution in [2.45, 2.75) is 0 Å². The molecule has 0 saturated carbocycles. The Morgan fingerprint density at radius 1 is 0.926 bits per heavy atom. The molecule has 0 bridgehead atoms. The molecule has 1 heterocycles. The van der Waals surface area contributed by atoms with Crippen LogP contribution in [0.5, 0.6) is 23.0 Å². The average molecular weight is 498 g/mol. The van der Waals surface area contributed by atoms with Gasteiger partial charge < -0.3 is 23.9 Å². The van der Waals surface area contributed by atoms with E-state index >= 15 is 0 Å². The summed E-state index contributed by atoms with van der Waals surface area (Å²) in [6.07, 6.45) is 1.70. The van der Waals surface area contributed by atoms with Gasteiger partial charge in [-0.15, -0.1) is 0 Å². The maximum Gasteiger partial charge on any atom is 0.142 e. The van der Waals surface area contributed by atoms with E-state index in [2.05, 4.69) is 36.8 Å². The first-order valence-electron chi connectivity index (χ1n) is 7.91. The van der Waals surface area contributed by atoms with Crippen molar-refractivity contribution in [3.63, 3.8) is 0 Å². The van der Waals surface area contributed by atoms with Gasteiger partial charge in [0.15, 0.2) is 0 Å². The van der Waals surface area contributed by atoms with Gasteiger partial charge in [-0.3, -0.25) is 0 Å². The average Bonchev–Trinajstić information content (AvgIpc) is 3.05. The number of ether oxygens (including phenoxy) is 3. The molecule has 27 heavy (non-hydrogen) atoms. The third-order valence-corrected chi connectivity index (χ3v) is 5.76. The second-order valence-corrected chi connectivity index (χ2v) is 7.31. The molecule has 1 N–H and O–H groups in total.